The van der Waals surface area contributed by atoms with Gasteiger partial charge in [-0.05, 0) is 24.1 Å². The molecule has 0 aliphatic heterocycles. The van der Waals surface area contributed by atoms with Gasteiger partial charge in [-0.25, -0.2) is 0 Å². The highest BCUT2D eigenvalue weighted by molar-refractivity contribution is 8.00. The number of rotatable bonds is 5. The number of hydrogen-bond acceptors (Lipinski definition) is 4. The van der Waals surface area contributed by atoms with E-state index in [4.69, 9.17) is 14.7 Å². The maximum absolute atomic E-state index is 9.06. The second kappa shape index (κ2) is 6.41. The van der Waals surface area contributed by atoms with Crippen molar-refractivity contribution < 1.29 is 9.47 Å². The lowest BCUT2D eigenvalue weighted by molar-refractivity contribution is 0.354. The molecule has 17 heavy (non-hydrogen) atoms. The Morgan fingerprint density at radius 3 is 2.29 bits per heavy atom. The molecular formula is C13H17NO2S. The summed E-state index contributed by atoms with van der Waals surface area (Å²) < 4.78 is 10.4. The molecule has 0 N–H and O–H groups in total. The van der Waals surface area contributed by atoms with Gasteiger partial charge in [0.25, 0.3) is 0 Å². The standard InChI is InChI=1S/C13H17NO2S/c1-9(2)13(8-14)17-10-5-6-11(15-3)12(7-10)16-4/h5-7,9,13H,1-4H3. The highest BCUT2D eigenvalue weighted by Gasteiger charge is 2.15. The van der Waals surface area contributed by atoms with Gasteiger partial charge < -0.3 is 9.47 Å². The van der Waals surface area contributed by atoms with Crippen LogP contribution in [-0.4, -0.2) is 19.5 Å². The molecule has 0 fully saturated rings. The van der Waals surface area contributed by atoms with Crippen molar-refractivity contribution in [3.63, 3.8) is 0 Å². The van der Waals surface area contributed by atoms with E-state index in [9.17, 15) is 0 Å². The first-order chi connectivity index (χ1) is 8.12. The molecule has 0 bridgehead atoms. The molecule has 0 saturated carbocycles. The van der Waals surface area contributed by atoms with E-state index in [1.165, 1.54) is 0 Å². The normalized spacial score (nSPS) is 12.0. The Balaban J connectivity index is 2.89. The summed E-state index contributed by atoms with van der Waals surface area (Å²) in [6.45, 7) is 4.09. The molecule has 1 atom stereocenters. The van der Waals surface area contributed by atoms with Crippen LogP contribution in [0.5, 0.6) is 11.5 Å². The molecule has 1 aromatic rings. The molecule has 92 valence electrons. The molecule has 0 heterocycles. The second-order valence-corrected chi connectivity index (χ2v) is 5.14. The van der Waals surface area contributed by atoms with Gasteiger partial charge in [0.2, 0.25) is 0 Å². The molecule has 0 saturated heterocycles. The molecule has 3 nitrogen and oxygen atoms in total. The Morgan fingerprint density at radius 2 is 1.82 bits per heavy atom. The first kappa shape index (κ1) is 13.7. The Labute approximate surface area is 107 Å². The van der Waals surface area contributed by atoms with Crippen molar-refractivity contribution in [3.05, 3.63) is 18.2 Å². The van der Waals surface area contributed by atoms with Crippen molar-refractivity contribution >= 4 is 11.8 Å². The lowest BCUT2D eigenvalue weighted by Gasteiger charge is -2.14. The highest BCUT2D eigenvalue weighted by atomic mass is 32.2. The fraction of sp³-hybridized carbons (Fsp3) is 0.462. The van der Waals surface area contributed by atoms with Gasteiger partial charge in [0, 0.05) is 4.90 Å². The Bertz CT molecular complexity index is 412. The Morgan fingerprint density at radius 1 is 1.18 bits per heavy atom. The van der Waals surface area contributed by atoms with Gasteiger partial charge in [-0.2, -0.15) is 5.26 Å². The summed E-state index contributed by atoms with van der Waals surface area (Å²) in [5, 5.41) is 9.01. The van der Waals surface area contributed by atoms with E-state index in [-0.39, 0.29) is 5.25 Å². The van der Waals surface area contributed by atoms with E-state index in [0.29, 0.717) is 17.4 Å². The van der Waals surface area contributed by atoms with Gasteiger partial charge in [-0.1, -0.05) is 13.8 Å². The van der Waals surface area contributed by atoms with Crippen LogP contribution >= 0.6 is 11.8 Å². The SMILES string of the molecule is COc1ccc(SC(C#N)C(C)C)cc1OC. The van der Waals surface area contributed by atoms with Crippen LogP contribution in [0.25, 0.3) is 0 Å². The summed E-state index contributed by atoms with van der Waals surface area (Å²) in [5.74, 6) is 1.71. The predicted octanol–water partition coefficient (Wildman–Crippen LogP) is 3.34. The smallest absolute Gasteiger partial charge is 0.161 e. The quantitative estimate of drug-likeness (QED) is 0.753. The third-order valence-electron chi connectivity index (χ3n) is 2.35. The number of benzene rings is 1. The van der Waals surface area contributed by atoms with Crippen molar-refractivity contribution in [2.45, 2.75) is 24.0 Å². The van der Waals surface area contributed by atoms with Crippen LogP contribution in [0.3, 0.4) is 0 Å². The monoisotopic (exact) mass is 251 g/mol. The van der Waals surface area contributed by atoms with E-state index in [2.05, 4.69) is 6.07 Å². The van der Waals surface area contributed by atoms with Crippen LogP contribution < -0.4 is 9.47 Å². The molecule has 0 radical (unpaired) electrons. The van der Waals surface area contributed by atoms with E-state index in [1.54, 1.807) is 26.0 Å². The summed E-state index contributed by atoms with van der Waals surface area (Å²) in [4.78, 5) is 1.02. The van der Waals surface area contributed by atoms with Crippen LogP contribution in [0.4, 0.5) is 0 Å². The fourth-order valence-corrected chi connectivity index (χ4v) is 2.29. The summed E-state index contributed by atoms with van der Waals surface area (Å²) in [5.41, 5.74) is 0. The largest absolute Gasteiger partial charge is 0.493 e. The van der Waals surface area contributed by atoms with E-state index in [1.807, 2.05) is 32.0 Å². The fourth-order valence-electron chi connectivity index (χ4n) is 1.35. The van der Waals surface area contributed by atoms with Crippen molar-refractivity contribution in [3.8, 4) is 17.6 Å². The minimum Gasteiger partial charge on any atom is -0.493 e. The minimum absolute atomic E-state index is 0.0481. The Kier molecular flexibility index (Phi) is 5.17. The van der Waals surface area contributed by atoms with Gasteiger partial charge in [-0.3, -0.25) is 0 Å². The maximum Gasteiger partial charge on any atom is 0.161 e. The van der Waals surface area contributed by atoms with Crippen LogP contribution in [-0.2, 0) is 0 Å². The molecule has 0 amide bonds. The van der Waals surface area contributed by atoms with E-state index < -0.39 is 0 Å². The maximum atomic E-state index is 9.06. The van der Waals surface area contributed by atoms with Crippen molar-refractivity contribution in [1.82, 2.24) is 0 Å². The summed E-state index contributed by atoms with van der Waals surface area (Å²) in [6, 6.07) is 8.01. The zero-order valence-electron chi connectivity index (χ0n) is 10.6. The van der Waals surface area contributed by atoms with Crippen molar-refractivity contribution in [2.75, 3.05) is 14.2 Å². The number of nitriles is 1. The molecule has 0 aliphatic rings. The van der Waals surface area contributed by atoms with Gasteiger partial charge in [0.15, 0.2) is 11.5 Å². The summed E-state index contributed by atoms with van der Waals surface area (Å²) in [6.07, 6.45) is 0. The molecule has 0 aliphatic carbocycles. The van der Waals surface area contributed by atoms with Crippen molar-refractivity contribution in [1.29, 1.82) is 5.26 Å². The predicted molar refractivity (Wildman–Crippen MR) is 69.6 cm³/mol. The van der Waals surface area contributed by atoms with Gasteiger partial charge in [-0.15, -0.1) is 11.8 Å². The first-order valence-corrected chi connectivity index (χ1v) is 6.28. The molecule has 1 aromatic carbocycles. The van der Waals surface area contributed by atoms with Crippen LogP contribution in [0, 0.1) is 17.2 Å². The highest BCUT2D eigenvalue weighted by Crippen LogP contribution is 2.34. The zero-order valence-corrected chi connectivity index (χ0v) is 11.4. The zero-order chi connectivity index (χ0) is 12.8. The average Bonchev–Trinajstić information content (AvgIpc) is 2.35. The van der Waals surface area contributed by atoms with Gasteiger partial charge >= 0.3 is 0 Å². The number of methoxy groups -OCH3 is 2. The lowest BCUT2D eigenvalue weighted by Crippen LogP contribution is -2.07. The number of nitrogens with zero attached hydrogens (tertiary/aromatic N) is 1. The Hall–Kier alpha value is -1.34. The molecular weight excluding hydrogens is 234 g/mol. The minimum atomic E-state index is -0.0481. The summed E-state index contributed by atoms with van der Waals surface area (Å²) in [7, 11) is 3.22. The molecule has 4 heteroatoms. The number of hydrogen-bond donors (Lipinski definition) is 0. The van der Waals surface area contributed by atoms with Gasteiger partial charge in [0.05, 0.1) is 25.5 Å². The molecule has 0 spiro atoms. The van der Waals surface area contributed by atoms with E-state index >= 15 is 0 Å². The average molecular weight is 251 g/mol. The summed E-state index contributed by atoms with van der Waals surface area (Å²) >= 11 is 1.55. The molecule has 1 unspecified atom stereocenters. The first-order valence-electron chi connectivity index (χ1n) is 5.40. The van der Waals surface area contributed by atoms with Crippen LogP contribution in [0.1, 0.15) is 13.8 Å². The number of ether oxygens (including phenoxy) is 2. The molecule has 0 aromatic heterocycles. The lowest BCUT2D eigenvalue weighted by atomic mass is 10.1. The topological polar surface area (TPSA) is 42.2 Å². The van der Waals surface area contributed by atoms with Crippen molar-refractivity contribution in [2.24, 2.45) is 5.92 Å². The molecule has 1 rings (SSSR count). The third kappa shape index (κ3) is 3.57. The number of thioether (sulfide) groups is 1. The third-order valence-corrected chi connectivity index (χ3v) is 3.78. The van der Waals surface area contributed by atoms with Crippen LogP contribution in [0.15, 0.2) is 23.1 Å². The second-order valence-electron chi connectivity index (χ2n) is 3.93. The van der Waals surface area contributed by atoms with Crippen LogP contribution in [0.2, 0.25) is 0 Å². The van der Waals surface area contributed by atoms with Gasteiger partial charge in [0.1, 0.15) is 0 Å². The van der Waals surface area contributed by atoms with E-state index in [0.717, 1.165) is 4.90 Å².